The van der Waals surface area contributed by atoms with Crippen LogP contribution >= 0.6 is 0 Å². The molecule has 1 N–H and O–H groups in total. The molecule has 0 radical (unpaired) electrons. The Balaban J connectivity index is 1.71. The molecule has 2 aliphatic heterocycles. The van der Waals surface area contributed by atoms with Gasteiger partial charge in [0.15, 0.2) is 5.69 Å². The number of hydrogen-bond acceptors (Lipinski definition) is 6. The lowest BCUT2D eigenvalue weighted by molar-refractivity contribution is -0.137. The van der Waals surface area contributed by atoms with E-state index < -0.39 is 28.5 Å². The van der Waals surface area contributed by atoms with Gasteiger partial charge in [-0.05, 0) is 25.1 Å². The first-order valence-electron chi connectivity index (χ1n) is 10.7. The highest BCUT2D eigenvalue weighted by Crippen LogP contribution is 2.27. The van der Waals surface area contributed by atoms with E-state index in [-0.39, 0.29) is 18.7 Å². The molecular formula is C23H26N4O5S. The van der Waals surface area contributed by atoms with Crippen LogP contribution in [0, 0.1) is 11.8 Å². The number of nitrogens with zero attached hydrogens (tertiary/aromatic N) is 4. The van der Waals surface area contributed by atoms with Crippen molar-refractivity contribution in [3.63, 3.8) is 0 Å². The van der Waals surface area contributed by atoms with Gasteiger partial charge in [-0.25, -0.2) is 18.0 Å². The Hall–Kier alpha value is -3.00. The second-order valence-electron chi connectivity index (χ2n) is 8.08. The molecule has 33 heavy (non-hydrogen) atoms. The molecule has 1 aromatic carbocycles. The zero-order chi connectivity index (χ0) is 23.8. The van der Waals surface area contributed by atoms with E-state index in [1.165, 1.54) is 4.90 Å². The van der Waals surface area contributed by atoms with Crippen molar-refractivity contribution in [3.05, 3.63) is 46.8 Å². The molecule has 174 valence electrons. The molecule has 0 aliphatic carbocycles. The van der Waals surface area contributed by atoms with Crippen molar-refractivity contribution in [1.29, 1.82) is 0 Å². The summed E-state index contributed by atoms with van der Waals surface area (Å²) in [5.41, 5.74) is 1.41. The second-order valence-corrected chi connectivity index (χ2v) is 9.44. The highest BCUT2D eigenvalue weighted by atomic mass is 32.2. The van der Waals surface area contributed by atoms with E-state index in [0.29, 0.717) is 42.9 Å². The molecule has 0 spiro atoms. The van der Waals surface area contributed by atoms with Gasteiger partial charge in [-0.1, -0.05) is 17.9 Å². The second kappa shape index (κ2) is 9.09. The third-order valence-electron chi connectivity index (χ3n) is 5.87. The number of esters is 1. The molecule has 3 heterocycles. The van der Waals surface area contributed by atoms with Crippen molar-refractivity contribution < 1.29 is 23.6 Å². The van der Waals surface area contributed by atoms with Gasteiger partial charge >= 0.3 is 5.97 Å². The van der Waals surface area contributed by atoms with Crippen molar-refractivity contribution in [2.45, 2.75) is 31.9 Å². The first kappa shape index (κ1) is 23.2. The van der Waals surface area contributed by atoms with Crippen molar-refractivity contribution in [3.8, 4) is 17.5 Å². The number of aliphatic hydroxyl groups is 1. The lowest BCUT2D eigenvalue weighted by atomic mass is 10.0. The molecule has 0 bridgehead atoms. The normalized spacial score (nSPS) is 21.3. The number of benzene rings is 1. The van der Waals surface area contributed by atoms with Gasteiger partial charge in [0.25, 0.3) is 5.91 Å². The summed E-state index contributed by atoms with van der Waals surface area (Å²) in [6, 6.07) is 7.24. The minimum atomic E-state index is -1.67. The number of rotatable bonds is 4. The largest absolute Gasteiger partial charge is 0.461 e. The summed E-state index contributed by atoms with van der Waals surface area (Å²) in [5.74, 6) is 4.72. The number of hydrogen-bond donors (Lipinski definition) is 1. The molecule has 1 fully saturated rings. The molecule has 1 saturated heterocycles. The fraction of sp³-hybridized carbons (Fsp3) is 0.435. The Bertz CT molecular complexity index is 1200. The molecule has 10 heteroatoms. The van der Waals surface area contributed by atoms with Crippen LogP contribution in [0.2, 0.25) is 0 Å². The van der Waals surface area contributed by atoms with Crippen LogP contribution in [-0.2, 0) is 33.5 Å². The molecular weight excluding hydrogens is 444 g/mol. The summed E-state index contributed by atoms with van der Waals surface area (Å²) in [6.45, 7) is 3.34. The molecule has 2 unspecified atom stereocenters. The first-order chi connectivity index (χ1) is 15.7. The molecule has 0 saturated carbocycles. The Labute approximate surface area is 194 Å². The monoisotopic (exact) mass is 470 g/mol. The van der Waals surface area contributed by atoms with Crippen molar-refractivity contribution in [1.82, 2.24) is 19.0 Å². The zero-order valence-electron chi connectivity index (χ0n) is 18.8. The number of ether oxygens (including phenoxy) is 1. The number of carbonyl (C=O) groups is 2. The minimum Gasteiger partial charge on any atom is -0.461 e. The summed E-state index contributed by atoms with van der Waals surface area (Å²) >= 11 is 0. The van der Waals surface area contributed by atoms with E-state index >= 15 is 0 Å². The SMILES string of the molecule is CCOC(=O)c1nn(-c2cccc(C#CC3(O)CCN(C)C3=O)c2)c2c1CN(S(C)=O)CC2. The van der Waals surface area contributed by atoms with Crippen molar-refractivity contribution >= 4 is 22.9 Å². The number of amides is 1. The van der Waals surface area contributed by atoms with Gasteiger partial charge in [0.2, 0.25) is 5.60 Å². The highest BCUT2D eigenvalue weighted by molar-refractivity contribution is 7.81. The topological polar surface area (TPSA) is 105 Å². The predicted octanol–water partition coefficient (Wildman–Crippen LogP) is 0.645. The van der Waals surface area contributed by atoms with Crippen LogP contribution in [0.1, 0.15) is 40.7 Å². The van der Waals surface area contributed by atoms with Crippen LogP contribution in [0.5, 0.6) is 0 Å². The average molecular weight is 471 g/mol. The van der Waals surface area contributed by atoms with E-state index in [2.05, 4.69) is 16.9 Å². The number of carbonyl (C=O) groups excluding carboxylic acids is 2. The van der Waals surface area contributed by atoms with Gasteiger partial charge in [0, 0.05) is 56.9 Å². The lowest BCUT2D eigenvalue weighted by Crippen LogP contribution is -2.37. The van der Waals surface area contributed by atoms with Crippen LogP contribution in [0.25, 0.3) is 5.69 Å². The Morgan fingerprint density at radius 2 is 2.15 bits per heavy atom. The smallest absolute Gasteiger partial charge is 0.359 e. The highest BCUT2D eigenvalue weighted by Gasteiger charge is 2.42. The maximum absolute atomic E-state index is 12.6. The van der Waals surface area contributed by atoms with Crippen molar-refractivity contribution in [2.75, 3.05) is 33.0 Å². The summed E-state index contributed by atoms with van der Waals surface area (Å²) in [5, 5.41) is 15.1. The first-order valence-corrected chi connectivity index (χ1v) is 12.2. The third-order valence-corrected chi connectivity index (χ3v) is 6.91. The average Bonchev–Trinajstić information content (AvgIpc) is 3.31. The Morgan fingerprint density at radius 3 is 2.82 bits per heavy atom. The summed E-state index contributed by atoms with van der Waals surface area (Å²) in [4.78, 5) is 26.2. The standard InChI is InChI=1S/C23H26N4O5S/c1-4-32-21(28)20-18-15-26(33(3)31)12-9-19(18)27(24-20)17-7-5-6-16(14-17)8-10-23(30)11-13-25(2)22(23)29/h5-7,14,30H,4,9,11-13,15H2,1-3H3. The van der Waals surface area contributed by atoms with Gasteiger partial charge in [0.05, 0.1) is 29.0 Å². The molecule has 2 aliphatic rings. The van der Waals surface area contributed by atoms with Crippen LogP contribution < -0.4 is 0 Å². The van der Waals surface area contributed by atoms with Crippen LogP contribution in [0.3, 0.4) is 0 Å². The molecule has 2 atom stereocenters. The zero-order valence-corrected chi connectivity index (χ0v) is 19.6. The molecule has 1 aromatic heterocycles. The lowest BCUT2D eigenvalue weighted by Gasteiger charge is -2.25. The number of likely N-dealkylation sites (N-methyl/N-ethyl adjacent to an activating group) is 1. The van der Waals surface area contributed by atoms with E-state index in [4.69, 9.17) is 4.74 Å². The number of likely N-dealkylation sites (tertiary alicyclic amines) is 1. The van der Waals surface area contributed by atoms with E-state index in [1.54, 1.807) is 47.4 Å². The minimum absolute atomic E-state index is 0.215. The number of aromatic nitrogens is 2. The van der Waals surface area contributed by atoms with Crippen LogP contribution in [-0.4, -0.2) is 78.8 Å². The molecule has 1 amide bonds. The van der Waals surface area contributed by atoms with Gasteiger partial charge in [-0.2, -0.15) is 5.10 Å². The maximum Gasteiger partial charge on any atom is 0.359 e. The third kappa shape index (κ3) is 4.44. The fourth-order valence-electron chi connectivity index (χ4n) is 4.05. The maximum atomic E-state index is 12.6. The van der Waals surface area contributed by atoms with Crippen LogP contribution in [0.15, 0.2) is 24.3 Å². The van der Waals surface area contributed by atoms with Gasteiger partial charge in [-0.15, -0.1) is 0 Å². The van der Waals surface area contributed by atoms with Gasteiger partial charge in [0.1, 0.15) is 0 Å². The van der Waals surface area contributed by atoms with E-state index in [0.717, 1.165) is 5.69 Å². The van der Waals surface area contributed by atoms with E-state index in [1.807, 2.05) is 6.07 Å². The van der Waals surface area contributed by atoms with Crippen LogP contribution in [0.4, 0.5) is 0 Å². The molecule has 2 aromatic rings. The molecule has 4 rings (SSSR count). The van der Waals surface area contributed by atoms with Crippen molar-refractivity contribution in [2.24, 2.45) is 0 Å². The van der Waals surface area contributed by atoms with Gasteiger partial charge in [-0.3, -0.25) is 4.79 Å². The fourth-order valence-corrected chi connectivity index (χ4v) is 4.71. The van der Waals surface area contributed by atoms with Gasteiger partial charge < -0.3 is 14.7 Å². The molecule has 9 nitrogen and oxygen atoms in total. The summed E-state index contributed by atoms with van der Waals surface area (Å²) < 4.78 is 20.7. The summed E-state index contributed by atoms with van der Waals surface area (Å²) in [7, 11) is 0.473. The quantitative estimate of drug-likeness (QED) is 0.520. The summed E-state index contributed by atoms with van der Waals surface area (Å²) in [6.07, 6.45) is 2.44. The van der Waals surface area contributed by atoms with E-state index in [9.17, 15) is 18.9 Å². The Morgan fingerprint density at radius 1 is 1.36 bits per heavy atom. The Kier molecular flexibility index (Phi) is 6.38. The predicted molar refractivity (Wildman–Crippen MR) is 122 cm³/mol. The number of fused-ring (bicyclic) bond motifs is 1.